The number of benzene rings is 2. The lowest BCUT2D eigenvalue weighted by Gasteiger charge is -1.96. The molecule has 0 unspecified atom stereocenters. The predicted molar refractivity (Wildman–Crippen MR) is 78.8 cm³/mol. The minimum atomic E-state index is 0.206. The molecule has 2 aromatic carbocycles. The van der Waals surface area contributed by atoms with E-state index in [1.165, 1.54) is 11.3 Å². The second-order valence-electron chi connectivity index (χ2n) is 4.24. The molecule has 0 aliphatic heterocycles. The molecule has 0 aliphatic rings. The molecule has 0 aliphatic carbocycles. The van der Waals surface area contributed by atoms with Gasteiger partial charge >= 0.3 is 0 Å². The molecule has 0 saturated carbocycles. The van der Waals surface area contributed by atoms with Crippen molar-refractivity contribution in [3.63, 3.8) is 0 Å². The van der Waals surface area contributed by atoms with Gasteiger partial charge in [0.1, 0.15) is 0 Å². The zero-order chi connectivity index (χ0) is 13.2. The molecule has 0 atom stereocenters. The highest BCUT2D eigenvalue weighted by Gasteiger charge is 2.09. The molecule has 94 valence electrons. The minimum absolute atomic E-state index is 0.206. The summed E-state index contributed by atoms with van der Waals surface area (Å²) in [7, 11) is 0. The maximum absolute atomic E-state index is 10.1. The number of hydrogen-bond acceptors (Lipinski definition) is 4. The Hall–Kier alpha value is -2.20. The van der Waals surface area contributed by atoms with Gasteiger partial charge in [-0.25, -0.2) is 0 Å². The van der Waals surface area contributed by atoms with Gasteiger partial charge < -0.3 is 5.11 Å². The second kappa shape index (κ2) is 4.82. The third kappa shape index (κ3) is 2.22. The second-order valence-corrected chi connectivity index (χ2v) is 5.27. The van der Waals surface area contributed by atoms with Gasteiger partial charge in [-0.05, 0) is 30.7 Å². The highest BCUT2D eigenvalue weighted by molar-refractivity contribution is 7.23. The van der Waals surface area contributed by atoms with E-state index in [4.69, 9.17) is 0 Å². The van der Waals surface area contributed by atoms with Crippen molar-refractivity contribution in [1.82, 2.24) is 0 Å². The Morgan fingerprint density at radius 1 is 0.947 bits per heavy atom. The molecular weight excluding hydrogens is 256 g/mol. The Morgan fingerprint density at radius 2 is 1.68 bits per heavy atom. The lowest BCUT2D eigenvalue weighted by molar-refractivity contribution is 0.484. The molecule has 0 radical (unpaired) electrons. The molecule has 3 nitrogen and oxygen atoms in total. The van der Waals surface area contributed by atoms with Crippen LogP contribution in [0.15, 0.2) is 58.8 Å². The maximum atomic E-state index is 10.1. The number of aryl methyl sites for hydroxylation is 1. The summed E-state index contributed by atoms with van der Waals surface area (Å²) in [6, 6.07) is 15.5. The lowest BCUT2D eigenvalue weighted by Crippen LogP contribution is -1.70. The lowest BCUT2D eigenvalue weighted by atomic mass is 10.2. The SMILES string of the molecule is Cc1ccccc1N=Nc1sc2ccccc2c1O. The Balaban J connectivity index is 2.02. The molecular formula is C15H12N2OS. The van der Waals surface area contributed by atoms with Crippen molar-refractivity contribution in [3.05, 3.63) is 54.1 Å². The van der Waals surface area contributed by atoms with Gasteiger partial charge in [-0.1, -0.05) is 30.3 Å². The molecule has 1 heterocycles. The van der Waals surface area contributed by atoms with Crippen molar-refractivity contribution in [1.29, 1.82) is 0 Å². The van der Waals surface area contributed by atoms with Crippen LogP contribution in [0.4, 0.5) is 10.7 Å². The Kier molecular flexibility index (Phi) is 3.01. The molecule has 4 heteroatoms. The standard InChI is InChI=1S/C15H12N2OS/c1-10-6-2-4-8-12(10)16-17-15-14(18)11-7-3-5-9-13(11)19-15/h2-9,18H,1H3. The summed E-state index contributed by atoms with van der Waals surface area (Å²) in [4.78, 5) is 0. The van der Waals surface area contributed by atoms with Crippen molar-refractivity contribution in [2.75, 3.05) is 0 Å². The average Bonchev–Trinajstić information content (AvgIpc) is 2.75. The van der Waals surface area contributed by atoms with Crippen LogP contribution in [0.1, 0.15) is 5.56 Å². The minimum Gasteiger partial charge on any atom is -0.504 e. The Morgan fingerprint density at radius 3 is 2.47 bits per heavy atom. The molecule has 0 spiro atoms. The van der Waals surface area contributed by atoms with E-state index in [-0.39, 0.29) is 5.75 Å². The molecule has 19 heavy (non-hydrogen) atoms. The number of aromatic hydroxyl groups is 1. The van der Waals surface area contributed by atoms with E-state index < -0.39 is 0 Å². The Bertz CT molecular complexity index is 762. The maximum Gasteiger partial charge on any atom is 0.181 e. The third-order valence-electron chi connectivity index (χ3n) is 2.92. The fourth-order valence-corrected chi connectivity index (χ4v) is 2.78. The van der Waals surface area contributed by atoms with Crippen LogP contribution in [-0.2, 0) is 0 Å². The van der Waals surface area contributed by atoms with E-state index in [2.05, 4.69) is 10.2 Å². The largest absolute Gasteiger partial charge is 0.504 e. The third-order valence-corrected chi connectivity index (χ3v) is 3.96. The van der Waals surface area contributed by atoms with Crippen LogP contribution >= 0.6 is 11.3 Å². The van der Waals surface area contributed by atoms with Crippen LogP contribution in [-0.4, -0.2) is 5.11 Å². The molecule has 0 saturated heterocycles. The zero-order valence-electron chi connectivity index (χ0n) is 10.4. The van der Waals surface area contributed by atoms with Gasteiger partial charge in [0.2, 0.25) is 0 Å². The van der Waals surface area contributed by atoms with Crippen LogP contribution < -0.4 is 0 Å². The topological polar surface area (TPSA) is 45.0 Å². The molecule has 3 rings (SSSR count). The Labute approximate surface area is 114 Å². The first kappa shape index (κ1) is 11.9. The summed E-state index contributed by atoms with van der Waals surface area (Å²) in [5, 5.41) is 19.8. The predicted octanol–water partition coefficient (Wildman–Crippen LogP) is 5.33. The van der Waals surface area contributed by atoms with Crippen molar-refractivity contribution in [2.45, 2.75) is 6.92 Å². The van der Waals surface area contributed by atoms with Crippen molar-refractivity contribution in [2.24, 2.45) is 10.2 Å². The van der Waals surface area contributed by atoms with Gasteiger partial charge in [0.25, 0.3) is 0 Å². The van der Waals surface area contributed by atoms with Gasteiger partial charge in [0, 0.05) is 10.1 Å². The van der Waals surface area contributed by atoms with E-state index >= 15 is 0 Å². The molecule has 0 bridgehead atoms. The number of azo groups is 1. The summed E-state index contributed by atoms with van der Waals surface area (Å²) >= 11 is 1.44. The van der Waals surface area contributed by atoms with E-state index in [1.54, 1.807) is 0 Å². The molecule has 3 aromatic rings. The normalized spacial score (nSPS) is 11.4. The molecule has 1 aromatic heterocycles. The zero-order valence-corrected chi connectivity index (χ0v) is 11.2. The molecule has 0 fully saturated rings. The number of nitrogens with zero attached hydrogens (tertiary/aromatic N) is 2. The number of thiophene rings is 1. The first-order valence-corrected chi connectivity index (χ1v) is 6.75. The number of fused-ring (bicyclic) bond motifs is 1. The average molecular weight is 268 g/mol. The van der Waals surface area contributed by atoms with Gasteiger partial charge in [-0.15, -0.1) is 21.6 Å². The fraction of sp³-hybridized carbons (Fsp3) is 0.0667. The van der Waals surface area contributed by atoms with Crippen molar-refractivity contribution >= 4 is 32.1 Å². The first-order chi connectivity index (χ1) is 9.25. The van der Waals surface area contributed by atoms with E-state index in [0.29, 0.717) is 5.00 Å². The van der Waals surface area contributed by atoms with E-state index in [1.807, 2.05) is 55.5 Å². The molecule has 0 amide bonds. The monoisotopic (exact) mass is 268 g/mol. The summed E-state index contributed by atoms with van der Waals surface area (Å²) in [5.74, 6) is 0.206. The number of rotatable bonds is 2. The highest BCUT2D eigenvalue weighted by Crippen LogP contribution is 2.43. The summed E-state index contributed by atoms with van der Waals surface area (Å²) in [6.45, 7) is 1.99. The van der Waals surface area contributed by atoms with E-state index in [9.17, 15) is 5.11 Å². The van der Waals surface area contributed by atoms with Crippen LogP contribution in [0.2, 0.25) is 0 Å². The highest BCUT2D eigenvalue weighted by atomic mass is 32.1. The summed E-state index contributed by atoms with van der Waals surface area (Å²) in [6.07, 6.45) is 0. The van der Waals surface area contributed by atoms with Gasteiger partial charge in [0.15, 0.2) is 10.8 Å². The van der Waals surface area contributed by atoms with E-state index in [0.717, 1.165) is 21.3 Å². The summed E-state index contributed by atoms with van der Waals surface area (Å²) < 4.78 is 1.01. The fourth-order valence-electron chi connectivity index (χ4n) is 1.86. The smallest absolute Gasteiger partial charge is 0.181 e. The van der Waals surface area contributed by atoms with Crippen LogP contribution in [0, 0.1) is 6.92 Å². The van der Waals surface area contributed by atoms with Gasteiger partial charge in [-0.2, -0.15) is 0 Å². The quantitative estimate of drug-likeness (QED) is 0.627. The van der Waals surface area contributed by atoms with Crippen molar-refractivity contribution < 1.29 is 5.11 Å². The number of hydrogen-bond donors (Lipinski definition) is 1. The van der Waals surface area contributed by atoms with Crippen LogP contribution in [0.3, 0.4) is 0 Å². The van der Waals surface area contributed by atoms with Gasteiger partial charge in [0.05, 0.1) is 5.69 Å². The summed E-state index contributed by atoms with van der Waals surface area (Å²) in [5.41, 5.74) is 1.88. The van der Waals surface area contributed by atoms with Crippen LogP contribution in [0.25, 0.3) is 10.1 Å². The van der Waals surface area contributed by atoms with Gasteiger partial charge in [-0.3, -0.25) is 0 Å². The molecule has 1 N–H and O–H groups in total. The van der Waals surface area contributed by atoms with Crippen LogP contribution in [0.5, 0.6) is 5.75 Å². The first-order valence-electron chi connectivity index (χ1n) is 5.93. The van der Waals surface area contributed by atoms with Crippen molar-refractivity contribution in [3.8, 4) is 5.75 Å².